The third kappa shape index (κ3) is 1.43. The van der Waals surface area contributed by atoms with E-state index in [9.17, 15) is 5.11 Å². The van der Waals surface area contributed by atoms with Gasteiger partial charge in [0, 0.05) is 5.56 Å². The van der Waals surface area contributed by atoms with Gasteiger partial charge in [-0.2, -0.15) is 0 Å². The molecule has 1 aromatic carbocycles. The molecule has 0 fully saturated rings. The molecule has 1 N–H and O–H groups in total. The van der Waals surface area contributed by atoms with Crippen molar-refractivity contribution in [3.8, 4) is 17.6 Å². The molecule has 0 aromatic heterocycles. The van der Waals surface area contributed by atoms with Crippen LogP contribution in [0.2, 0.25) is 0 Å². The molecule has 62 valence electrons. The minimum Gasteiger partial charge on any atom is -0.508 e. The van der Waals surface area contributed by atoms with Gasteiger partial charge in [-0.1, -0.05) is 5.92 Å². The van der Waals surface area contributed by atoms with E-state index in [1.54, 1.807) is 6.07 Å². The van der Waals surface area contributed by atoms with Gasteiger partial charge < -0.3 is 5.11 Å². The molecule has 1 rings (SSSR count). The minimum absolute atomic E-state index is 0.342. The summed E-state index contributed by atoms with van der Waals surface area (Å²) in [6, 6.07) is 3.52. The molecule has 0 saturated carbocycles. The van der Waals surface area contributed by atoms with E-state index < -0.39 is 0 Å². The van der Waals surface area contributed by atoms with Gasteiger partial charge in [-0.25, -0.2) is 0 Å². The van der Waals surface area contributed by atoms with Gasteiger partial charge in [-0.05, 0) is 44.0 Å². The molecule has 0 aliphatic carbocycles. The normalized spacial score (nSPS) is 8.92. The van der Waals surface area contributed by atoms with E-state index >= 15 is 0 Å². The second-order valence-corrected chi connectivity index (χ2v) is 2.76. The molecule has 0 spiro atoms. The maximum Gasteiger partial charge on any atom is 0.118 e. The number of hydrogen-bond donors (Lipinski definition) is 1. The number of aromatic hydroxyl groups is 1. The summed E-state index contributed by atoms with van der Waals surface area (Å²) < 4.78 is 0. The maximum absolute atomic E-state index is 9.34. The summed E-state index contributed by atoms with van der Waals surface area (Å²) >= 11 is 0. The van der Waals surface area contributed by atoms with Crippen LogP contribution in [0.3, 0.4) is 0 Å². The average Bonchev–Trinajstić information content (AvgIpc) is 2.07. The number of phenols is 1. The highest BCUT2D eigenvalue weighted by Crippen LogP contribution is 2.21. The van der Waals surface area contributed by atoms with Gasteiger partial charge in [0.25, 0.3) is 0 Å². The Morgan fingerprint density at radius 1 is 1.17 bits per heavy atom. The van der Waals surface area contributed by atoms with Crippen LogP contribution in [0.25, 0.3) is 0 Å². The van der Waals surface area contributed by atoms with Crippen LogP contribution in [0.15, 0.2) is 12.1 Å². The van der Waals surface area contributed by atoms with E-state index in [0.29, 0.717) is 5.75 Å². The molecule has 12 heavy (non-hydrogen) atoms. The van der Waals surface area contributed by atoms with Crippen molar-refractivity contribution in [1.82, 2.24) is 0 Å². The van der Waals surface area contributed by atoms with Crippen molar-refractivity contribution < 1.29 is 5.11 Å². The summed E-state index contributed by atoms with van der Waals surface area (Å²) in [7, 11) is 0. The monoisotopic (exact) mass is 160 g/mol. The molecule has 0 radical (unpaired) electrons. The summed E-state index contributed by atoms with van der Waals surface area (Å²) in [5, 5.41) is 9.34. The lowest BCUT2D eigenvalue weighted by Crippen LogP contribution is -1.86. The Kier molecular flexibility index (Phi) is 2.40. The molecule has 1 aromatic rings. The summed E-state index contributed by atoms with van der Waals surface area (Å²) in [5.41, 5.74) is 2.97. The average molecular weight is 160 g/mol. The number of rotatable bonds is 0. The predicted molar refractivity (Wildman–Crippen MR) is 50.1 cm³/mol. The van der Waals surface area contributed by atoms with Crippen LogP contribution in [0.5, 0.6) is 5.75 Å². The highest BCUT2D eigenvalue weighted by atomic mass is 16.3. The first-order valence-corrected chi connectivity index (χ1v) is 3.88. The lowest BCUT2D eigenvalue weighted by atomic mass is 10.0. The highest BCUT2D eigenvalue weighted by molar-refractivity contribution is 5.49. The van der Waals surface area contributed by atoms with Gasteiger partial charge in [0.1, 0.15) is 5.75 Å². The molecule has 1 heteroatoms. The van der Waals surface area contributed by atoms with Gasteiger partial charge in [-0.3, -0.25) is 0 Å². The molecule has 0 bridgehead atoms. The molecular weight excluding hydrogens is 148 g/mol. The largest absolute Gasteiger partial charge is 0.508 e. The smallest absolute Gasteiger partial charge is 0.118 e. The van der Waals surface area contributed by atoms with Gasteiger partial charge in [0.15, 0.2) is 0 Å². The van der Waals surface area contributed by atoms with Gasteiger partial charge in [0.2, 0.25) is 0 Å². The van der Waals surface area contributed by atoms with Crippen LogP contribution in [-0.4, -0.2) is 5.11 Å². The number of phenolic OH excluding ortho intramolecular Hbond substituents is 1. The van der Waals surface area contributed by atoms with E-state index in [0.717, 1.165) is 16.7 Å². The Morgan fingerprint density at radius 3 is 2.42 bits per heavy atom. The van der Waals surface area contributed by atoms with Crippen LogP contribution < -0.4 is 0 Å². The SMILES string of the molecule is CC#Cc1ccc(O)c(C)c1C. The fourth-order valence-corrected chi connectivity index (χ4v) is 1.08. The molecular formula is C11H12O. The third-order valence-corrected chi connectivity index (χ3v) is 2.02. The van der Waals surface area contributed by atoms with Gasteiger partial charge in [-0.15, -0.1) is 5.92 Å². The molecule has 0 amide bonds. The fourth-order valence-electron chi connectivity index (χ4n) is 1.08. The Hall–Kier alpha value is -1.42. The second kappa shape index (κ2) is 3.32. The van der Waals surface area contributed by atoms with Gasteiger partial charge >= 0.3 is 0 Å². The van der Waals surface area contributed by atoms with Crippen molar-refractivity contribution in [2.24, 2.45) is 0 Å². The topological polar surface area (TPSA) is 20.2 Å². The molecule has 1 nitrogen and oxygen atoms in total. The molecule has 0 heterocycles. The van der Waals surface area contributed by atoms with Crippen LogP contribution in [0.1, 0.15) is 23.6 Å². The Labute approximate surface area is 73.0 Å². The third-order valence-electron chi connectivity index (χ3n) is 2.02. The summed E-state index contributed by atoms with van der Waals surface area (Å²) in [5.74, 6) is 6.16. The fraction of sp³-hybridized carbons (Fsp3) is 0.273. The van der Waals surface area contributed by atoms with Crippen LogP contribution in [0.4, 0.5) is 0 Å². The van der Waals surface area contributed by atoms with E-state index in [1.807, 2.05) is 26.8 Å². The highest BCUT2D eigenvalue weighted by Gasteiger charge is 2.02. The molecule has 0 aliphatic rings. The van der Waals surface area contributed by atoms with Crippen LogP contribution in [0, 0.1) is 25.7 Å². The number of hydrogen-bond acceptors (Lipinski definition) is 1. The first-order valence-electron chi connectivity index (χ1n) is 3.88. The maximum atomic E-state index is 9.34. The van der Waals surface area contributed by atoms with Crippen molar-refractivity contribution in [3.63, 3.8) is 0 Å². The number of benzene rings is 1. The molecule has 0 unspecified atom stereocenters. The van der Waals surface area contributed by atoms with Gasteiger partial charge in [0.05, 0.1) is 0 Å². The zero-order valence-corrected chi connectivity index (χ0v) is 7.60. The zero-order valence-electron chi connectivity index (χ0n) is 7.60. The quantitative estimate of drug-likeness (QED) is 0.578. The molecule has 0 saturated heterocycles. The van der Waals surface area contributed by atoms with E-state index in [-0.39, 0.29) is 0 Å². The first kappa shape index (κ1) is 8.67. The van der Waals surface area contributed by atoms with Crippen LogP contribution >= 0.6 is 0 Å². The van der Waals surface area contributed by atoms with E-state index in [1.165, 1.54) is 0 Å². The Morgan fingerprint density at radius 2 is 1.83 bits per heavy atom. The van der Waals surface area contributed by atoms with E-state index in [2.05, 4.69) is 11.8 Å². The molecule has 0 atom stereocenters. The minimum atomic E-state index is 0.342. The lowest BCUT2D eigenvalue weighted by Gasteiger charge is -2.04. The second-order valence-electron chi connectivity index (χ2n) is 2.76. The Balaban J connectivity index is 3.33. The van der Waals surface area contributed by atoms with Crippen molar-refractivity contribution >= 4 is 0 Å². The summed E-state index contributed by atoms with van der Waals surface area (Å²) in [4.78, 5) is 0. The molecule has 0 aliphatic heterocycles. The zero-order chi connectivity index (χ0) is 9.14. The first-order chi connectivity index (χ1) is 5.66. The summed E-state index contributed by atoms with van der Waals surface area (Å²) in [6.45, 7) is 5.67. The van der Waals surface area contributed by atoms with E-state index in [4.69, 9.17) is 0 Å². The van der Waals surface area contributed by atoms with Crippen LogP contribution in [-0.2, 0) is 0 Å². The van der Waals surface area contributed by atoms with Crippen molar-refractivity contribution in [2.75, 3.05) is 0 Å². The predicted octanol–water partition coefficient (Wildman–Crippen LogP) is 2.38. The Bertz CT molecular complexity index is 353. The van der Waals surface area contributed by atoms with Crippen molar-refractivity contribution in [3.05, 3.63) is 28.8 Å². The summed E-state index contributed by atoms with van der Waals surface area (Å²) in [6.07, 6.45) is 0. The van der Waals surface area contributed by atoms with Crippen molar-refractivity contribution in [1.29, 1.82) is 0 Å². The van der Waals surface area contributed by atoms with Crippen molar-refractivity contribution in [2.45, 2.75) is 20.8 Å². The standard InChI is InChI=1S/C11H12O/c1-4-5-10-6-7-11(12)9(3)8(10)2/h6-7,12H,1-3H3. The lowest BCUT2D eigenvalue weighted by molar-refractivity contribution is 0.470.